The lowest BCUT2D eigenvalue weighted by molar-refractivity contribution is -0.143. The SMILES string of the molecule is CCCN(C(C)=O)C(=O)CC. The van der Waals surface area contributed by atoms with Crippen LogP contribution in [0.2, 0.25) is 0 Å². The second kappa shape index (κ2) is 4.88. The van der Waals surface area contributed by atoms with Crippen molar-refractivity contribution in [2.75, 3.05) is 6.54 Å². The number of hydrogen-bond acceptors (Lipinski definition) is 2. The van der Waals surface area contributed by atoms with Crippen LogP contribution in [0.4, 0.5) is 0 Å². The maximum atomic E-state index is 11.0. The Balaban J connectivity index is 4.09. The zero-order chi connectivity index (χ0) is 8.85. The van der Waals surface area contributed by atoms with E-state index in [1.807, 2.05) is 6.92 Å². The van der Waals surface area contributed by atoms with E-state index in [-0.39, 0.29) is 11.8 Å². The normalized spacial score (nSPS) is 9.36. The van der Waals surface area contributed by atoms with Gasteiger partial charge >= 0.3 is 0 Å². The van der Waals surface area contributed by atoms with Crippen molar-refractivity contribution in [3.63, 3.8) is 0 Å². The summed E-state index contributed by atoms with van der Waals surface area (Å²) in [6.45, 7) is 5.66. The van der Waals surface area contributed by atoms with Gasteiger partial charge in [-0.3, -0.25) is 14.5 Å². The number of nitrogens with zero attached hydrogens (tertiary/aromatic N) is 1. The number of amides is 2. The molecule has 0 fully saturated rings. The van der Waals surface area contributed by atoms with Gasteiger partial charge in [-0.05, 0) is 6.42 Å². The molecule has 3 heteroatoms. The third kappa shape index (κ3) is 3.16. The molecule has 0 saturated heterocycles. The number of rotatable bonds is 3. The van der Waals surface area contributed by atoms with Gasteiger partial charge in [0.05, 0.1) is 0 Å². The summed E-state index contributed by atoms with van der Waals surface area (Å²) in [5.74, 6) is -0.238. The highest BCUT2D eigenvalue weighted by Gasteiger charge is 2.13. The Hall–Kier alpha value is -0.860. The minimum absolute atomic E-state index is 0.0839. The topological polar surface area (TPSA) is 37.4 Å². The van der Waals surface area contributed by atoms with Gasteiger partial charge in [0.1, 0.15) is 0 Å². The van der Waals surface area contributed by atoms with Gasteiger partial charge in [-0.2, -0.15) is 0 Å². The van der Waals surface area contributed by atoms with Crippen LogP contribution < -0.4 is 0 Å². The fraction of sp³-hybridized carbons (Fsp3) is 0.750. The molecule has 0 bridgehead atoms. The molecule has 11 heavy (non-hydrogen) atoms. The summed E-state index contributed by atoms with van der Waals surface area (Å²) in [6, 6.07) is 0. The highest BCUT2D eigenvalue weighted by Crippen LogP contribution is 1.96. The Kier molecular flexibility index (Phi) is 4.50. The van der Waals surface area contributed by atoms with E-state index in [1.54, 1.807) is 6.92 Å². The predicted molar refractivity (Wildman–Crippen MR) is 43.0 cm³/mol. The van der Waals surface area contributed by atoms with E-state index in [9.17, 15) is 9.59 Å². The fourth-order valence-corrected chi connectivity index (χ4v) is 0.872. The first-order valence-corrected chi connectivity index (χ1v) is 3.94. The third-order valence-corrected chi connectivity index (χ3v) is 1.43. The van der Waals surface area contributed by atoms with E-state index in [1.165, 1.54) is 11.8 Å². The Morgan fingerprint density at radius 2 is 1.82 bits per heavy atom. The van der Waals surface area contributed by atoms with E-state index < -0.39 is 0 Å². The summed E-state index contributed by atoms with van der Waals surface area (Å²) < 4.78 is 0. The quantitative estimate of drug-likeness (QED) is 0.617. The summed E-state index contributed by atoms with van der Waals surface area (Å²) in [6.07, 6.45) is 1.23. The smallest absolute Gasteiger partial charge is 0.228 e. The minimum Gasteiger partial charge on any atom is -0.283 e. The molecule has 0 N–H and O–H groups in total. The molecule has 0 aliphatic carbocycles. The fourth-order valence-electron chi connectivity index (χ4n) is 0.872. The molecule has 3 nitrogen and oxygen atoms in total. The van der Waals surface area contributed by atoms with E-state index in [0.717, 1.165) is 6.42 Å². The maximum Gasteiger partial charge on any atom is 0.228 e. The molecule has 0 aromatic carbocycles. The van der Waals surface area contributed by atoms with E-state index in [0.29, 0.717) is 13.0 Å². The summed E-state index contributed by atoms with van der Waals surface area (Å²) in [5.41, 5.74) is 0. The largest absolute Gasteiger partial charge is 0.283 e. The highest BCUT2D eigenvalue weighted by molar-refractivity contribution is 5.93. The third-order valence-electron chi connectivity index (χ3n) is 1.43. The first kappa shape index (κ1) is 10.1. The molecule has 0 heterocycles. The summed E-state index contributed by atoms with van der Waals surface area (Å²) in [7, 11) is 0. The van der Waals surface area contributed by atoms with E-state index in [2.05, 4.69) is 0 Å². The van der Waals surface area contributed by atoms with Gasteiger partial charge in [0, 0.05) is 19.9 Å². The van der Waals surface area contributed by atoms with Crippen molar-refractivity contribution in [3.05, 3.63) is 0 Å². The van der Waals surface area contributed by atoms with Crippen LogP contribution in [0.3, 0.4) is 0 Å². The molecule has 2 amide bonds. The van der Waals surface area contributed by atoms with Crippen LogP contribution in [0.25, 0.3) is 0 Å². The maximum absolute atomic E-state index is 11.0. The molecular formula is C8H15NO2. The second-order valence-corrected chi connectivity index (χ2v) is 2.42. The summed E-state index contributed by atoms with van der Waals surface area (Å²) >= 11 is 0. The second-order valence-electron chi connectivity index (χ2n) is 2.42. The molecule has 0 rings (SSSR count). The summed E-state index contributed by atoms with van der Waals surface area (Å²) in [5, 5.41) is 0. The zero-order valence-electron chi connectivity index (χ0n) is 7.39. The van der Waals surface area contributed by atoms with Crippen molar-refractivity contribution in [1.82, 2.24) is 4.90 Å². The summed E-state index contributed by atoms with van der Waals surface area (Å²) in [4.78, 5) is 23.2. The lowest BCUT2D eigenvalue weighted by Gasteiger charge is -2.16. The van der Waals surface area contributed by atoms with Crippen molar-refractivity contribution in [2.45, 2.75) is 33.6 Å². The monoisotopic (exact) mass is 157 g/mol. The lowest BCUT2D eigenvalue weighted by Crippen LogP contribution is -2.35. The molecule has 64 valence electrons. The predicted octanol–water partition coefficient (Wildman–Crippen LogP) is 1.18. The van der Waals surface area contributed by atoms with Crippen LogP contribution in [0.5, 0.6) is 0 Å². The van der Waals surface area contributed by atoms with Crippen LogP contribution >= 0.6 is 0 Å². The van der Waals surface area contributed by atoms with E-state index in [4.69, 9.17) is 0 Å². The molecule has 0 aliphatic heterocycles. The van der Waals surface area contributed by atoms with Gasteiger partial charge in [-0.1, -0.05) is 13.8 Å². The van der Waals surface area contributed by atoms with Crippen LogP contribution in [-0.2, 0) is 9.59 Å². The van der Waals surface area contributed by atoms with E-state index >= 15 is 0 Å². The molecular weight excluding hydrogens is 142 g/mol. The first-order valence-electron chi connectivity index (χ1n) is 3.94. The van der Waals surface area contributed by atoms with Gasteiger partial charge in [0.15, 0.2) is 0 Å². The van der Waals surface area contributed by atoms with Crippen LogP contribution in [-0.4, -0.2) is 23.3 Å². The van der Waals surface area contributed by atoms with Crippen LogP contribution in [0, 0.1) is 0 Å². The van der Waals surface area contributed by atoms with Gasteiger partial charge in [0.25, 0.3) is 0 Å². The molecule has 0 aromatic rings. The van der Waals surface area contributed by atoms with Crippen molar-refractivity contribution in [1.29, 1.82) is 0 Å². The molecule has 0 saturated carbocycles. The first-order chi connectivity index (χ1) is 5.13. The number of carbonyl (C=O) groups is 2. The standard InChI is InChI=1S/C8H15NO2/c1-4-6-9(7(3)10)8(11)5-2/h4-6H2,1-3H3. The molecule has 0 aromatic heterocycles. The van der Waals surface area contributed by atoms with Crippen LogP contribution in [0.1, 0.15) is 33.6 Å². The number of imide groups is 1. The molecule has 0 spiro atoms. The van der Waals surface area contributed by atoms with Crippen molar-refractivity contribution in [2.24, 2.45) is 0 Å². The lowest BCUT2D eigenvalue weighted by atomic mass is 10.3. The number of hydrogen-bond donors (Lipinski definition) is 0. The average molecular weight is 157 g/mol. The average Bonchev–Trinajstić information content (AvgIpc) is 1.98. The molecule has 0 unspecified atom stereocenters. The number of carbonyl (C=O) groups excluding carboxylic acids is 2. The van der Waals surface area contributed by atoms with Gasteiger partial charge in [-0.15, -0.1) is 0 Å². The van der Waals surface area contributed by atoms with Crippen molar-refractivity contribution < 1.29 is 9.59 Å². The van der Waals surface area contributed by atoms with Gasteiger partial charge in [0.2, 0.25) is 11.8 Å². The zero-order valence-corrected chi connectivity index (χ0v) is 7.39. The van der Waals surface area contributed by atoms with Crippen LogP contribution in [0.15, 0.2) is 0 Å². The minimum atomic E-state index is -0.154. The molecule has 0 aliphatic rings. The Labute approximate surface area is 67.4 Å². The molecule has 0 radical (unpaired) electrons. The molecule has 0 atom stereocenters. The Bertz CT molecular complexity index is 154. The highest BCUT2D eigenvalue weighted by atomic mass is 16.2. The Morgan fingerprint density at radius 3 is 2.09 bits per heavy atom. The van der Waals surface area contributed by atoms with Gasteiger partial charge < -0.3 is 0 Å². The Morgan fingerprint density at radius 1 is 1.27 bits per heavy atom. The van der Waals surface area contributed by atoms with Crippen molar-refractivity contribution in [3.8, 4) is 0 Å². The van der Waals surface area contributed by atoms with Gasteiger partial charge in [-0.25, -0.2) is 0 Å². The van der Waals surface area contributed by atoms with Crippen molar-refractivity contribution >= 4 is 11.8 Å².